The lowest BCUT2D eigenvalue weighted by Gasteiger charge is -2.09. The van der Waals surface area contributed by atoms with Gasteiger partial charge in [0.1, 0.15) is 0 Å². The van der Waals surface area contributed by atoms with Crippen molar-refractivity contribution in [2.75, 3.05) is 17.6 Å². The number of anilines is 1. The summed E-state index contributed by atoms with van der Waals surface area (Å²) in [6.45, 7) is 1.62. The van der Waals surface area contributed by atoms with Gasteiger partial charge in [-0.3, -0.25) is 4.79 Å². The lowest BCUT2D eigenvalue weighted by molar-refractivity contribution is -0.115. The molecule has 2 aromatic carbocycles. The molecule has 0 aliphatic carbocycles. The van der Waals surface area contributed by atoms with Crippen molar-refractivity contribution in [3.05, 3.63) is 65.7 Å². The Morgan fingerprint density at radius 1 is 1.00 bits per heavy atom. The van der Waals surface area contributed by atoms with E-state index in [2.05, 4.69) is 10.0 Å². The van der Waals surface area contributed by atoms with Crippen molar-refractivity contribution in [2.45, 2.75) is 19.8 Å². The van der Waals surface area contributed by atoms with Crippen LogP contribution in [0.15, 0.2) is 54.6 Å². The van der Waals surface area contributed by atoms with Crippen LogP contribution in [0.25, 0.3) is 0 Å². The fourth-order valence-electron chi connectivity index (χ4n) is 2.27. The lowest BCUT2D eigenvalue weighted by atomic mass is 10.1. The number of sulfonamides is 1. The predicted molar refractivity (Wildman–Crippen MR) is 96.4 cm³/mol. The minimum atomic E-state index is -3.46. The molecular weight excluding hydrogens is 324 g/mol. The standard InChI is InChI=1S/C18H22N2O3S/c1-15-8-5-6-12-17(15)20-18(21)14-19-24(22,23)13-7-11-16-9-3-2-4-10-16/h2-6,8-10,12,19H,7,11,13-14H2,1H3,(H,20,21). The van der Waals surface area contributed by atoms with E-state index in [1.807, 2.05) is 55.5 Å². The zero-order chi connectivity index (χ0) is 17.4. The molecule has 24 heavy (non-hydrogen) atoms. The number of rotatable bonds is 8. The molecule has 0 saturated carbocycles. The zero-order valence-corrected chi connectivity index (χ0v) is 14.5. The Kier molecular flexibility index (Phi) is 6.52. The Morgan fingerprint density at radius 3 is 2.38 bits per heavy atom. The Morgan fingerprint density at radius 2 is 1.67 bits per heavy atom. The molecule has 2 N–H and O–H groups in total. The summed E-state index contributed by atoms with van der Waals surface area (Å²) in [5, 5.41) is 2.70. The van der Waals surface area contributed by atoms with Gasteiger partial charge in [0.25, 0.3) is 0 Å². The monoisotopic (exact) mass is 346 g/mol. The molecule has 0 saturated heterocycles. The third-order valence-electron chi connectivity index (χ3n) is 3.59. The average molecular weight is 346 g/mol. The van der Waals surface area contributed by atoms with Crippen molar-refractivity contribution in [3.8, 4) is 0 Å². The molecule has 0 heterocycles. The highest BCUT2D eigenvalue weighted by Crippen LogP contribution is 2.12. The number of carbonyl (C=O) groups is 1. The third kappa shape index (κ3) is 6.14. The Hall–Kier alpha value is -2.18. The molecular formula is C18H22N2O3S. The zero-order valence-electron chi connectivity index (χ0n) is 13.7. The summed E-state index contributed by atoms with van der Waals surface area (Å²) in [7, 11) is -3.46. The van der Waals surface area contributed by atoms with Crippen LogP contribution in [0.4, 0.5) is 5.69 Å². The minimum absolute atomic E-state index is 0.000457. The quantitative estimate of drug-likeness (QED) is 0.771. The molecule has 2 rings (SSSR count). The number of hydrogen-bond acceptors (Lipinski definition) is 3. The molecule has 0 radical (unpaired) electrons. The number of para-hydroxylation sites is 1. The number of aryl methyl sites for hydroxylation is 2. The first-order valence-electron chi connectivity index (χ1n) is 7.83. The highest BCUT2D eigenvalue weighted by atomic mass is 32.2. The fraction of sp³-hybridized carbons (Fsp3) is 0.278. The van der Waals surface area contributed by atoms with E-state index in [4.69, 9.17) is 0 Å². The Bertz CT molecular complexity index is 774. The van der Waals surface area contributed by atoms with Gasteiger partial charge in [0.2, 0.25) is 15.9 Å². The highest BCUT2D eigenvalue weighted by molar-refractivity contribution is 7.89. The van der Waals surface area contributed by atoms with Gasteiger partial charge in [-0.2, -0.15) is 0 Å². The number of amides is 1. The summed E-state index contributed by atoms with van der Waals surface area (Å²) < 4.78 is 26.3. The number of benzene rings is 2. The van der Waals surface area contributed by atoms with Crippen LogP contribution in [0.5, 0.6) is 0 Å². The van der Waals surface area contributed by atoms with Crippen LogP contribution in [0.1, 0.15) is 17.5 Å². The maximum Gasteiger partial charge on any atom is 0.239 e. The van der Waals surface area contributed by atoms with E-state index in [-0.39, 0.29) is 18.2 Å². The van der Waals surface area contributed by atoms with Crippen LogP contribution in [0.2, 0.25) is 0 Å². The van der Waals surface area contributed by atoms with Crippen LogP contribution < -0.4 is 10.0 Å². The van der Waals surface area contributed by atoms with Crippen LogP contribution in [-0.4, -0.2) is 26.6 Å². The third-order valence-corrected chi connectivity index (χ3v) is 5.00. The van der Waals surface area contributed by atoms with E-state index in [9.17, 15) is 13.2 Å². The van der Waals surface area contributed by atoms with Crippen LogP contribution in [0, 0.1) is 6.92 Å². The Labute approximate surface area is 143 Å². The smallest absolute Gasteiger partial charge is 0.239 e. The molecule has 0 atom stereocenters. The molecule has 0 unspecified atom stereocenters. The van der Waals surface area contributed by atoms with Gasteiger partial charge < -0.3 is 5.32 Å². The van der Waals surface area contributed by atoms with Crippen molar-refractivity contribution >= 4 is 21.6 Å². The van der Waals surface area contributed by atoms with Gasteiger partial charge in [0.05, 0.1) is 12.3 Å². The van der Waals surface area contributed by atoms with E-state index in [1.165, 1.54) is 0 Å². The first kappa shape index (κ1) is 18.2. The van der Waals surface area contributed by atoms with Crippen LogP contribution >= 0.6 is 0 Å². The second-order valence-electron chi connectivity index (χ2n) is 5.59. The maximum absolute atomic E-state index is 12.0. The molecule has 128 valence electrons. The largest absolute Gasteiger partial charge is 0.325 e. The van der Waals surface area contributed by atoms with E-state index in [0.29, 0.717) is 18.5 Å². The van der Waals surface area contributed by atoms with Crippen LogP contribution in [-0.2, 0) is 21.2 Å². The summed E-state index contributed by atoms with van der Waals surface area (Å²) in [6.07, 6.45) is 1.20. The summed E-state index contributed by atoms with van der Waals surface area (Å²) in [6, 6.07) is 17.1. The predicted octanol–water partition coefficient (Wildman–Crippen LogP) is 2.49. The number of carbonyl (C=O) groups excluding carboxylic acids is 1. The molecule has 0 aliphatic rings. The molecule has 1 amide bonds. The number of hydrogen-bond donors (Lipinski definition) is 2. The molecule has 0 fully saturated rings. The topological polar surface area (TPSA) is 75.3 Å². The normalized spacial score (nSPS) is 11.2. The van der Waals surface area contributed by atoms with Gasteiger partial charge in [0.15, 0.2) is 0 Å². The highest BCUT2D eigenvalue weighted by Gasteiger charge is 2.12. The molecule has 0 spiro atoms. The summed E-state index contributed by atoms with van der Waals surface area (Å²) in [5.41, 5.74) is 2.72. The second-order valence-corrected chi connectivity index (χ2v) is 7.52. The second kappa shape index (κ2) is 8.61. The first-order valence-corrected chi connectivity index (χ1v) is 9.48. The van der Waals surface area contributed by atoms with Gasteiger partial charge in [-0.15, -0.1) is 0 Å². The molecule has 0 aliphatic heterocycles. The molecule has 5 nitrogen and oxygen atoms in total. The van der Waals surface area contributed by atoms with Gasteiger partial charge in [-0.05, 0) is 37.0 Å². The van der Waals surface area contributed by atoms with E-state index >= 15 is 0 Å². The Balaban J connectivity index is 1.75. The van der Waals surface area contributed by atoms with E-state index < -0.39 is 10.0 Å². The molecule has 0 aromatic heterocycles. The van der Waals surface area contributed by atoms with E-state index in [0.717, 1.165) is 11.1 Å². The molecule has 6 heteroatoms. The summed E-state index contributed by atoms with van der Waals surface area (Å²) >= 11 is 0. The summed E-state index contributed by atoms with van der Waals surface area (Å²) in [4.78, 5) is 11.9. The first-order chi connectivity index (χ1) is 11.5. The fourth-order valence-corrected chi connectivity index (χ4v) is 3.29. The van der Waals surface area contributed by atoms with Gasteiger partial charge in [0, 0.05) is 5.69 Å². The van der Waals surface area contributed by atoms with Crippen molar-refractivity contribution in [1.29, 1.82) is 0 Å². The van der Waals surface area contributed by atoms with Crippen molar-refractivity contribution < 1.29 is 13.2 Å². The molecule has 0 bridgehead atoms. The number of nitrogens with one attached hydrogen (secondary N) is 2. The van der Waals surface area contributed by atoms with Crippen molar-refractivity contribution in [3.63, 3.8) is 0 Å². The summed E-state index contributed by atoms with van der Waals surface area (Å²) in [5.74, 6) is -0.379. The minimum Gasteiger partial charge on any atom is -0.325 e. The maximum atomic E-state index is 12.0. The van der Waals surface area contributed by atoms with E-state index in [1.54, 1.807) is 6.07 Å². The van der Waals surface area contributed by atoms with Crippen LogP contribution in [0.3, 0.4) is 0 Å². The average Bonchev–Trinajstić information content (AvgIpc) is 2.56. The van der Waals surface area contributed by atoms with Crippen molar-refractivity contribution in [2.24, 2.45) is 0 Å². The van der Waals surface area contributed by atoms with Gasteiger partial charge in [-0.25, -0.2) is 13.1 Å². The molecule has 2 aromatic rings. The van der Waals surface area contributed by atoms with Gasteiger partial charge >= 0.3 is 0 Å². The van der Waals surface area contributed by atoms with Gasteiger partial charge in [-0.1, -0.05) is 48.5 Å². The van der Waals surface area contributed by atoms with Crippen molar-refractivity contribution in [1.82, 2.24) is 4.72 Å². The lowest BCUT2D eigenvalue weighted by Crippen LogP contribution is -2.34. The SMILES string of the molecule is Cc1ccccc1NC(=O)CNS(=O)(=O)CCCc1ccccc1.